The largest absolute Gasteiger partial charge is 0.493 e. The summed E-state index contributed by atoms with van der Waals surface area (Å²) >= 11 is 6.27. The summed E-state index contributed by atoms with van der Waals surface area (Å²) in [5.74, 6) is 1.01. The predicted octanol–water partition coefficient (Wildman–Crippen LogP) is 4.72. The second kappa shape index (κ2) is 8.18. The molecule has 0 saturated carbocycles. The van der Waals surface area contributed by atoms with Crippen LogP contribution in [0.15, 0.2) is 36.4 Å². The van der Waals surface area contributed by atoms with Crippen molar-refractivity contribution in [1.82, 2.24) is 0 Å². The van der Waals surface area contributed by atoms with Crippen LogP contribution in [0.2, 0.25) is 5.02 Å². The number of ether oxygens (including phenoxy) is 2. The van der Waals surface area contributed by atoms with E-state index < -0.39 is 4.92 Å². The highest BCUT2D eigenvalue weighted by Crippen LogP contribution is 2.35. The Bertz CT molecular complexity index is 855. The summed E-state index contributed by atoms with van der Waals surface area (Å²) in [4.78, 5) is 10.2. The zero-order valence-corrected chi connectivity index (χ0v) is 14.4. The number of methoxy groups -OCH3 is 1. The highest BCUT2D eigenvalue weighted by atomic mass is 35.5. The lowest BCUT2D eigenvalue weighted by Crippen LogP contribution is -1.96. The second-order valence-corrected chi connectivity index (χ2v) is 5.34. The van der Waals surface area contributed by atoms with Gasteiger partial charge in [-0.15, -0.1) is 0 Å². The van der Waals surface area contributed by atoms with Crippen molar-refractivity contribution in [2.75, 3.05) is 13.7 Å². The molecule has 25 heavy (non-hydrogen) atoms. The van der Waals surface area contributed by atoms with Gasteiger partial charge in [-0.2, -0.15) is 5.26 Å². The fraction of sp³-hybridized carbons (Fsp3) is 0.167. The predicted molar refractivity (Wildman–Crippen MR) is 95.8 cm³/mol. The van der Waals surface area contributed by atoms with Gasteiger partial charge in [-0.3, -0.25) is 10.1 Å². The molecule has 0 aromatic heterocycles. The summed E-state index contributed by atoms with van der Waals surface area (Å²) in [7, 11) is 1.51. The van der Waals surface area contributed by atoms with Gasteiger partial charge in [0.05, 0.1) is 35.3 Å². The van der Waals surface area contributed by atoms with Gasteiger partial charge < -0.3 is 9.47 Å². The SMILES string of the molecule is CCOc1cc(Cl)c(/C=C(/C#N)c2ccc([N+](=O)[O-])cc2)cc1OC. The third-order valence-corrected chi connectivity index (χ3v) is 3.72. The van der Waals surface area contributed by atoms with Crippen LogP contribution in [0, 0.1) is 21.4 Å². The Kier molecular flexibility index (Phi) is 5.98. The fourth-order valence-corrected chi connectivity index (χ4v) is 2.40. The first-order valence-electron chi connectivity index (χ1n) is 7.37. The van der Waals surface area contributed by atoms with E-state index in [0.717, 1.165) is 0 Å². The molecule has 0 atom stereocenters. The van der Waals surface area contributed by atoms with Crippen LogP contribution in [-0.2, 0) is 0 Å². The van der Waals surface area contributed by atoms with Gasteiger partial charge in [-0.05, 0) is 42.3 Å². The number of allylic oxidation sites excluding steroid dienone is 1. The van der Waals surface area contributed by atoms with Crippen molar-refractivity contribution in [3.8, 4) is 17.6 Å². The maximum absolute atomic E-state index is 10.7. The number of non-ortho nitro benzene ring substituents is 1. The van der Waals surface area contributed by atoms with Crippen molar-refractivity contribution >= 4 is 28.9 Å². The smallest absolute Gasteiger partial charge is 0.269 e. The van der Waals surface area contributed by atoms with Gasteiger partial charge in [0.25, 0.3) is 5.69 Å². The van der Waals surface area contributed by atoms with Crippen molar-refractivity contribution in [2.24, 2.45) is 0 Å². The Morgan fingerprint density at radius 2 is 2.00 bits per heavy atom. The molecule has 128 valence electrons. The summed E-state index contributed by atoms with van der Waals surface area (Å²) < 4.78 is 10.7. The normalized spacial score (nSPS) is 10.9. The first kappa shape index (κ1) is 18.3. The fourth-order valence-electron chi connectivity index (χ4n) is 2.19. The summed E-state index contributed by atoms with van der Waals surface area (Å²) in [6, 6.07) is 11.1. The number of halogens is 1. The molecule has 7 heteroatoms. The van der Waals surface area contributed by atoms with E-state index in [1.54, 1.807) is 18.2 Å². The van der Waals surface area contributed by atoms with Crippen LogP contribution in [0.5, 0.6) is 11.5 Å². The van der Waals surface area contributed by atoms with Crippen LogP contribution >= 0.6 is 11.6 Å². The number of nitriles is 1. The van der Waals surface area contributed by atoms with Gasteiger partial charge in [-0.1, -0.05) is 11.6 Å². The Morgan fingerprint density at radius 3 is 2.52 bits per heavy atom. The summed E-state index contributed by atoms with van der Waals surface area (Å²) in [5, 5.41) is 20.6. The first-order valence-corrected chi connectivity index (χ1v) is 7.75. The number of nitrogens with zero attached hydrogens (tertiary/aromatic N) is 2. The molecule has 0 aliphatic carbocycles. The van der Waals surface area contributed by atoms with E-state index in [1.165, 1.54) is 31.4 Å². The van der Waals surface area contributed by atoms with E-state index in [2.05, 4.69) is 6.07 Å². The van der Waals surface area contributed by atoms with Crippen LogP contribution in [0.4, 0.5) is 5.69 Å². The number of rotatable bonds is 6. The average molecular weight is 359 g/mol. The average Bonchev–Trinajstić information content (AvgIpc) is 2.61. The van der Waals surface area contributed by atoms with Crippen molar-refractivity contribution in [3.63, 3.8) is 0 Å². The number of nitro benzene ring substituents is 1. The summed E-state index contributed by atoms with van der Waals surface area (Å²) in [6.07, 6.45) is 1.60. The molecule has 0 radical (unpaired) electrons. The molecule has 2 rings (SSSR count). The van der Waals surface area contributed by atoms with Crippen molar-refractivity contribution < 1.29 is 14.4 Å². The van der Waals surface area contributed by atoms with Gasteiger partial charge in [0.1, 0.15) is 0 Å². The zero-order chi connectivity index (χ0) is 18.4. The zero-order valence-electron chi connectivity index (χ0n) is 13.7. The molecule has 0 unspecified atom stereocenters. The van der Waals surface area contributed by atoms with E-state index in [4.69, 9.17) is 21.1 Å². The molecule has 0 aliphatic rings. The van der Waals surface area contributed by atoms with Crippen molar-refractivity contribution in [1.29, 1.82) is 5.26 Å². The van der Waals surface area contributed by atoms with Crippen LogP contribution in [0.25, 0.3) is 11.6 Å². The maximum Gasteiger partial charge on any atom is 0.269 e. The molecule has 0 amide bonds. The molecule has 0 bridgehead atoms. The lowest BCUT2D eigenvalue weighted by molar-refractivity contribution is -0.384. The van der Waals surface area contributed by atoms with Gasteiger partial charge >= 0.3 is 0 Å². The van der Waals surface area contributed by atoms with Gasteiger partial charge in [-0.25, -0.2) is 0 Å². The van der Waals surface area contributed by atoms with Crippen LogP contribution in [0.1, 0.15) is 18.1 Å². The monoisotopic (exact) mass is 358 g/mol. The Morgan fingerprint density at radius 1 is 1.32 bits per heavy atom. The second-order valence-electron chi connectivity index (χ2n) is 4.93. The molecule has 6 nitrogen and oxygen atoms in total. The van der Waals surface area contributed by atoms with Gasteiger partial charge in [0, 0.05) is 18.2 Å². The molecule has 2 aromatic carbocycles. The number of hydrogen-bond acceptors (Lipinski definition) is 5. The van der Waals surface area contributed by atoms with Crippen LogP contribution in [0.3, 0.4) is 0 Å². The Labute approximate surface area is 150 Å². The van der Waals surface area contributed by atoms with Gasteiger partial charge in [0.2, 0.25) is 0 Å². The first-order chi connectivity index (χ1) is 12.0. The molecule has 0 heterocycles. The number of nitro groups is 1. The molecular weight excluding hydrogens is 344 g/mol. The highest BCUT2D eigenvalue weighted by molar-refractivity contribution is 6.32. The third-order valence-electron chi connectivity index (χ3n) is 3.39. The van der Waals surface area contributed by atoms with E-state index in [1.807, 2.05) is 6.92 Å². The lowest BCUT2D eigenvalue weighted by atomic mass is 10.0. The molecule has 0 N–H and O–H groups in total. The molecular formula is C18H15ClN2O4. The molecule has 0 aliphatic heterocycles. The highest BCUT2D eigenvalue weighted by Gasteiger charge is 2.11. The van der Waals surface area contributed by atoms with E-state index >= 15 is 0 Å². The molecule has 0 spiro atoms. The summed E-state index contributed by atoms with van der Waals surface area (Å²) in [6.45, 7) is 2.32. The van der Waals surface area contributed by atoms with Gasteiger partial charge in [0.15, 0.2) is 11.5 Å². The molecule has 2 aromatic rings. The maximum atomic E-state index is 10.7. The molecule has 0 saturated heterocycles. The van der Waals surface area contributed by atoms with E-state index in [-0.39, 0.29) is 5.69 Å². The minimum atomic E-state index is -0.492. The topological polar surface area (TPSA) is 85.4 Å². The van der Waals surface area contributed by atoms with Crippen molar-refractivity contribution in [3.05, 3.63) is 62.7 Å². The standard InChI is InChI=1S/C18H15ClN2O4/c1-3-25-18-10-16(19)13(9-17(18)24-2)8-14(11-20)12-4-6-15(7-5-12)21(22)23/h4-10H,3H2,1-2H3/b14-8-. The van der Waals surface area contributed by atoms with Crippen LogP contribution < -0.4 is 9.47 Å². The quantitative estimate of drug-likeness (QED) is 0.323. The van der Waals surface area contributed by atoms with E-state index in [0.29, 0.717) is 39.8 Å². The lowest BCUT2D eigenvalue weighted by Gasteiger charge is -2.11. The third kappa shape index (κ3) is 4.28. The minimum Gasteiger partial charge on any atom is -0.493 e. The van der Waals surface area contributed by atoms with Crippen molar-refractivity contribution in [2.45, 2.75) is 6.92 Å². The number of benzene rings is 2. The molecule has 0 fully saturated rings. The Hall–Kier alpha value is -3.04. The summed E-state index contributed by atoms with van der Waals surface area (Å²) in [5.41, 5.74) is 1.42. The number of hydrogen-bond donors (Lipinski definition) is 0. The van der Waals surface area contributed by atoms with E-state index in [9.17, 15) is 15.4 Å². The Balaban J connectivity index is 2.45. The van der Waals surface area contributed by atoms with Crippen LogP contribution in [-0.4, -0.2) is 18.6 Å². The minimum absolute atomic E-state index is 0.0400.